The number of rotatable bonds is 5. The molecule has 1 aliphatic rings. The van der Waals surface area contributed by atoms with E-state index in [1.54, 1.807) is 0 Å². The zero-order valence-corrected chi connectivity index (χ0v) is 13.8. The molecule has 1 aromatic heterocycles. The summed E-state index contributed by atoms with van der Waals surface area (Å²) in [4.78, 5) is 1.53. The highest BCUT2D eigenvalue weighted by molar-refractivity contribution is 9.10. The summed E-state index contributed by atoms with van der Waals surface area (Å²) in [7, 11) is 0. The van der Waals surface area contributed by atoms with E-state index in [0.717, 1.165) is 17.9 Å². The summed E-state index contributed by atoms with van der Waals surface area (Å²) in [6, 6.07) is 3.03. The topological polar surface area (TPSA) is 12.0 Å². The van der Waals surface area contributed by atoms with Crippen LogP contribution in [0.2, 0.25) is 0 Å². The van der Waals surface area contributed by atoms with Crippen LogP contribution in [0, 0.1) is 11.8 Å². The Hall–Kier alpha value is 0.140. The maximum atomic E-state index is 3.76. The number of halogens is 1. The predicted molar refractivity (Wildman–Crippen MR) is 84.3 cm³/mol. The van der Waals surface area contributed by atoms with E-state index < -0.39 is 0 Å². The fourth-order valence-electron chi connectivity index (χ4n) is 3.04. The minimum Gasteiger partial charge on any atom is -0.314 e. The van der Waals surface area contributed by atoms with Gasteiger partial charge in [-0.2, -0.15) is 0 Å². The van der Waals surface area contributed by atoms with Gasteiger partial charge in [-0.25, -0.2) is 0 Å². The zero-order valence-electron chi connectivity index (χ0n) is 11.4. The van der Waals surface area contributed by atoms with E-state index in [1.807, 2.05) is 11.3 Å². The first kappa shape index (κ1) is 14.5. The first-order chi connectivity index (χ1) is 8.69. The molecule has 0 amide bonds. The van der Waals surface area contributed by atoms with Gasteiger partial charge in [0.15, 0.2) is 0 Å². The van der Waals surface area contributed by atoms with E-state index in [2.05, 4.69) is 46.5 Å². The van der Waals surface area contributed by atoms with E-state index in [1.165, 1.54) is 48.0 Å². The first-order valence-electron chi connectivity index (χ1n) is 7.15. The van der Waals surface area contributed by atoms with Crippen LogP contribution in [0.1, 0.15) is 44.4 Å². The Bertz CT molecular complexity index is 361. The van der Waals surface area contributed by atoms with Crippen molar-refractivity contribution in [2.24, 2.45) is 11.8 Å². The van der Waals surface area contributed by atoms with Gasteiger partial charge >= 0.3 is 0 Å². The molecule has 0 spiro atoms. The predicted octanol–water partition coefficient (Wildman–Crippen LogP) is 4.86. The molecule has 1 nitrogen and oxygen atoms in total. The lowest BCUT2D eigenvalue weighted by Crippen LogP contribution is -2.41. The molecule has 2 rings (SSSR count). The highest BCUT2D eigenvalue weighted by Gasteiger charge is 2.28. The second kappa shape index (κ2) is 7.06. The molecule has 3 unspecified atom stereocenters. The van der Waals surface area contributed by atoms with Crippen molar-refractivity contribution in [1.29, 1.82) is 0 Å². The van der Waals surface area contributed by atoms with Gasteiger partial charge in [-0.3, -0.25) is 0 Å². The van der Waals surface area contributed by atoms with Crippen LogP contribution < -0.4 is 5.32 Å². The Labute approximate surface area is 123 Å². The molecule has 0 aromatic carbocycles. The highest BCUT2D eigenvalue weighted by atomic mass is 79.9. The first-order valence-corrected chi connectivity index (χ1v) is 8.82. The summed E-state index contributed by atoms with van der Waals surface area (Å²) in [5.41, 5.74) is 0. The molecular formula is C15H24BrNS. The molecule has 1 aliphatic carbocycles. The summed E-state index contributed by atoms with van der Waals surface area (Å²) in [5, 5.41) is 5.97. The van der Waals surface area contributed by atoms with Gasteiger partial charge in [0, 0.05) is 20.8 Å². The fourth-order valence-corrected chi connectivity index (χ4v) is 4.59. The molecule has 1 N–H and O–H groups in total. The molecule has 18 heavy (non-hydrogen) atoms. The quantitative estimate of drug-likeness (QED) is 0.813. The van der Waals surface area contributed by atoms with Gasteiger partial charge < -0.3 is 5.32 Å². The molecule has 1 heterocycles. The van der Waals surface area contributed by atoms with Crippen LogP contribution in [-0.4, -0.2) is 12.6 Å². The monoisotopic (exact) mass is 329 g/mol. The third-order valence-corrected chi connectivity index (χ3v) is 5.71. The van der Waals surface area contributed by atoms with Crippen molar-refractivity contribution in [3.8, 4) is 0 Å². The van der Waals surface area contributed by atoms with Crippen molar-refractivity contribution in [3.63, 3.8) is 0 Å². The van der Waals surface area contributed by atoms with Gasteiger partial charge in [0.2, 0.25) is 0 Å². The Morgan fingerprint density at radius 3 is 2.94 bits per heavy atom. The van der Waals surface area contributed by atoms with E-state index in [9.17, 15) is 0 Å². The summed E-state index contributed by atoms with van der Waals surface area (Å²) in [6.45, 7) is 5.83. The summed E-state index contributed by atoms with van der Waals surface area (Å²) < 4.78 is 1.24. The lowest BCUT2D eigenvalue weighted by atomic mass is 9.77. The van der Waals surface area contributed by atoms with Crippen LogP contribution in [0.5, 0.6) is 0 Å². The second-order valence-electron chi connectivity index (χ2n) is 5.67. The smallest absolute Gasteiger partial charge is 0.0285 e. The van der Waals surface area contributed by atoms with Crippen molar-refractivity contribution in [1.82, 2.24) is 5.32 Å². The lowest BCUT2D eigenvalue weighted by molar-refractivity contribution is 0.213. The van der Waals surface area contributed by atoms with E-state index in [0.29, 0.717) is 0 Å². The van der Waals surface area contributed by atoms with Gasteiger partial charge in [0.05, 0.1) is 0 Å². The maximum absolute atomic E-state index is 3.76. The minimum absolute atomic E-state index is 0.738. The summed E-state index contributed by atoms with van der Waals surface area (Å²) >= 11 is 5.46. The molecule has 3 atom stereocenters. The van der Waals surface area contributed by atoms with Gasteiger partial charge in [-0.1, -0.05) is 13.8 Å². The van der Waals surface area contributed by atoms with Crippen LogP contribution in [0.4, 0.5) is 0 Å². The Morgan fingerprint density at radius 1 is 1.44 bits per heavy atom. The molecule has 3 heteroatoms. The van der Waals surface area contributed by atoms with E-state index in [-0.39, 0.29) is 0 Å². The van der Waals surface area contributed by atoms with Crippen LogP contribution >= 0.6 is 27.3 Å². The maximum Gasteiger partial charge on any atom is 0.0285 e. The van der Waals surface area contributed by atoms with Gasteiger partial charge in [0.1, 0.15) is 0 Å². The number of hydrogen-bond acceptors (Lipinski definition) is 2. The molecule has 102 valence electrons. The molecule has 1 fully saturated rings. The third kappa shape index (κ3) is 4.07. The minimum atomic E-state index is 0.738. The molecule has 1 saturated carbocycles. The van der Waals surface area contributed by atoms with Crippen molar-refractivity contribution in [2.45, 2.75) is 52.0 Å². The van der Waals surface area contributed by atoms with E-state index >= 15 is 0 Å². The summed E-state index contributed by atoms with van der Waals surface area (Å²) in [5.74, 6) is 1.73. The van der Waals surface area contributed by atoms with Gasteiger partial charge in [0.25, 0.3) is 0 Å². The van der Waals surface area contributed by atoms with Crippen LogP contribution in [0.25, 0.3) is 0 Å². The molecule has 0 saturated heterocycles. The van der Waals surface area contributed by atoms with Crippen molar-refractivity contribution in [2.75, 3.05) is 6.54 Å². The standard InChI is InChI=1S/C15H24BrNS/c1-3-6-17-15-5-4-11(2)7-12(15)8-14-9-13(16)10-18-14/h9-12,15,17H,3-8H2,1-2H3. The largest absolute Gasteiger partial charge is 0.314 e. The van der Waals surface area contributed by atoms with Crippen molar-refractivity contribution >= 4 is 27.3 Å². The summed E-state index contributed by atoms with van der Waals surface area (Å²) in [6.07, 6.45) is 6.63. The number of nitrogens with one attached hydrogen (secondary N) is 1. The molecule has 0 bridgehead atoms. The molecule has 1 aromatic rings. The number of thiophene rings is 1. The zero-order chi connectivity index (χ0) is 13.0. The highest BCUT2D eigenvalue weighted by Crippen LogP contribution is 2.33. The van der Waals surface area contributed by atoms with Crippen LogP contribution in [-0.2, 0) is 6.42 Å². The number of hydrogen-bond donors (Lipinski definition) is 1. The van der Waals surface area contributed by atoms with Crippen molar-refractivity contribution < 1.29 is 0 Å². The van der Waals surface area contributed by atoms with Crippen LogP contribution in [0.15, 0.2) is 15.9 Å². The molecule has 0 radical (unpaired) electrons. The SMILES string of the molecule is CCCNC1CCC(C)CC1Cc1cc(Br)cs1. The average molecular weight is 330 g/mol. The Balaban J connectivity index is 1.96. The molecule has 0 aliphatic heterocycles. The average Bonchev–Trinajstić information content (AvgIpc) is 2.74. The third-order valence-electron chi connectivity index (χ3n) is 3.99. The van der Waals surface area contributed by atoms with Gasteiger partial charge in [-0.15, -0.1) is 11.3 Å². The normalized spacial score (nSPS) is 28.5. The second-order valence-corrected chi connectivity index (χ2v) is 7.59. The van der Waals surface area contributed by atoms with E-state index in [4.69, 9.17) is 0 Å². The fraction of sp³-hybridized carbons (Fsp3) is 0.733. The van der Waals surface area contributed by atoms with Crippen LogP contribution in [0.3, 0.4) is 0 Å². The lowest BCUT2D eigenvalue weighted by Gasteiger charge is -2.35. The Kier molecular flexibility index (Phi) is 5.71. The van der Waals surface area contributed by atoms with Gasteiger partial charge in [-0.05, 0) is 72.5 Å². The van der Waals surface area contributed by atoms with Crippen molar-refractivity contribution in [3.05, 3.63) is 20.8 Å². The Morgan fingerprint density at radius 2 is 2.28 bits per heavy atom. The molecular weight excluding hydrogens is 306 g/mol.